The molecule has 0 saturated carbocycles. The normalized spacial score (nSPS) is 11.8. The van der Waals surface area contributed by atoms with Crippen molar-refractivity contribution in [2.24, 2.45) is 0 Å². The van der Waals surface area contributed by atoms with Crippen LogP contribution in [0.2, 0.25) is 0 Å². The van der Waals surface area contributed by atoms with Crippen molar-refractivity contribution in [1.29, 1.82) is 0 Å². The van der Waals surface area contributed by atoms with E-state index < -0.39 is 17.1 Å². The Hall–Kier alpha value is -4.13. The van der Waals surface area contributed by atoms with E-state index in [4.69, 9.17) is 4.84 Å². The van der Waals surface area contributed by atoms with Crippen molar-refractivity contribution in [1.82, 2.24) is 5.48 Å². The Kier molecular flexibility index (Phi) is 7.55. The van der Waals surface area contributed by atoms with Gasteiger partial charge >= 0.3 is 0 Å². The molecule has 1 atom stereocenters. The standard InChI is InChI=1S/C28H24N2O4/c31-27(22-10-4-1-5-11-22)20-26(21-16-18-25(19-17-21)30(32)33)29-34-28(23-12-6-2-7-13-23)24-14-8-3-9-15-24/h1-19,26,28-29H,20H2/t26-/m0/s1. The summed E-state index contributed by atoms with van der Waals surface area (Å²) >= 11 is 0. The highest BCUT2D eigenvalue weighted by Crippen LogP contribution is 2.28. The van der Waals surface area contributed by atoms with Crippen LogP contribution in [0.1, 0.15) is 45.6 Å². The minimum absolute atomic E-state index is 0.00995. The highest BCUT2D eigenvalue weighted by atomic mass is 16.7. The van der Waals surface area contributed by atoms with E-state index >= 15 is 0 Å². The Morgan fingerprint density at radius 3 is 1.74 bits per heavy atom. The fourth-order valence-corrected chi connectivity index (χ4v) is 3.72. The molecular weight excluding hydrogens is 428 g/mol. The van der Waals surface area contributed by atoms with E-state index in [0.29, 0.717) is 5.56 Å². The van der Waals surface area contributed by atoms with Crippen molar-refractivity contribution in [3.05, 3.63) is 148 Å². The zero-order valence-corrected chi connectivity index (χ0v) is 18.4. The molecule has 4 aromatic rings. The molecule has 0 heterocycles. The van der Waals surface area contributed by atoms with Gasteiger partial charge in [0.1, 0.15) is 6.10 Å². The molecule has 0 aromatic heterocycles. The van der Waals surface area contributed by atoms with Crippen LogP contribution in [0.15, 0.2) is 115 Å². The minimum atomic E-state index is -0.511. The van der Waals surface area contributed by atoms with Crippen LogP contribution in [-0.2, 0) is 4.84 Å². The molecule has 0 spiro atoms. The lowest BCUT2D eigenvalue weighted by Crippen LogP contribution is -2.27. The van der Waals surface area contributed by atoms with Crippen LogP contribution in [0.5, 0.6) is 0 Å². The second-order valence-corrected chi connectivity index (χ2v) is 7.83. The number of carbonyl (C=O) groups excluding carboxylic acids is 1. The molecule has 0 aliphatic heterocycles. The molecule has 0 amide bonds. The molecule has 34 heavy (non-hydrogen) atoms. The topological polar surface area (TPSA) is 81.5 Å². The monoisotopic (exact) mass is 452 g/mol. The highest BCUT2D eigenvalue weighted by Gasteiger charge is 2.22. The fraction of sp³-hybridized carbons (Fsp3) is 0.107. The highest BCUT2D eigenvalue weighted by molar-refractivity contribution is 5.96. The average molecular weight is 453 g/mol. The van der Waals surface area contributed by atoms with Gasteiger partial charge < -0.3 is 0 Å². The molecule has 0 fully saturated rings. The van der Waals surface area contributed by atoms with Gasteiger partial charge in [-0.15, -0.1) is 0 Å². The van der Waals surface area contributed by atoms with Gasteiger partial charge in [-0.2, -0.15) is 5.48 Å². The number of nitrogens with zero attached hydrogens (tertiary/aromatic N) is 1. The number of ketones is 1. The minimum Gasteiger partial charge on any atom is -0.294 e. The summed E-state index contributed by atoms with van der Waals surface area (Å²) in [6, 6.07) is 34.3. The third-order valence-corrected chi connectivity index (χ3v) is 5.52. The number of hydrogen-bond donors (Lipinski definition) is 1. The molecule has 0 aliphatic rings. The van der Waals surface area contributed by atoms with Gasteiger partial charge in [0.2, 0.25) is 0 Å². The Labute approximate surface area is 197 Å². The first-order chi connectivity index (χ1) is 16.6. The Morgan fingerprint density at radius 2 is 1.24 bits per heavy atom. The zero-order valence-electron chi connectivity index (χ0n) is 18.4. The van der Waals surface area contributed by atoms with Gasteiger partial charge in [-0.05, 0) is 16.7 Å². The van der Waals surface area contributed by atoms with Gasteiger partial charge in [-0.25, -0.2) is 0 Å². The summed E-state index contributed by atoms with van der Waals surface area (Å²) in [7, 11) is 0. The molecule has 0 unspecified atom stereocenters. The maximum absolute atomic E-state index is 13.0. The molecule has 1 N–H and O–H groups in total. The Morgan fingerprint density at radius 1 is 0.735 bits per heavy atom. The van der Waals surface area contributed by atoms with Crippen molar-refractivity contribution in [3.63, 3.8) is 0 Å². The largest absolute Gasteiger partial charge is 0.294 e. The SMILES string of the molecule is O=C(C[C@H](NOC(c1ccccc1)c1ccccc1)c1ccc([N+](=O)[O-])cc1)c1ccccc1. The fourth-order valence-electron chi connectivity index (χ4n) is 3.72. The summed E-state index contributed by atoms with van der Waals surface area (Å²) in [5.41, 5.74) is 6.31. The first-order valence-corrected chi connectivity index (χ1v) is 11.0. The molecule has 4 aromatic carbocycles. The third-order valence-electron chi connectivity index (χ3n) is 5.52. The molecule has 170 valence electrons. The predicted octanol–water partition coefficient (Wildman–Crippen LogP) is 6.22. The number of nitro groups is 1. The molecule has 4 rings (SSSR count). The molecule has 0 saturated heterocycles. The Balaban J connectivity index is 1.61. The van der Waals surface area contributed by atoms with E-state index in [9.17, 15) is 14.9 Å². The second-order valence-electron chi connectivity index (χ2n) is 7.83. The summed E-state index contributed by atoms with van der Waals surface area (Å²) in [4.78, 5) is 29.8. The number of hydroxylamine groups is 1. The van der Waals surface area contributed by atoms with Gasteiger partial charge in [-0.1, -0.05) is 103 Å². The molecule has 0 radical (unpaired) electrons. The third kappa shape index (κ3) is 5.81. The average Bonchev–Trinajstić information content (AvgIpc) is 2.90. The number of nitro benzene ring substituents is 1. The quantitative estimate of drug-likeness (QED) is 0.175. The summed E-state index contributed by atoms with van der Waals surface area (Å²) in [6.45, 7) is 0. The molecule has 0 bridgehead atoms. The Bertz CT molecular complexity index is 1170. The van der Waals surface area contributed by atoms with E-state index in [0.717, 1.165) is 16.7 Å². The van der Waals surface area contributed by atoms with Crippen LogP contribution in [0.25, 0.3) is 0 Å². The van der Waals surface area contributed by atoms with Gasteiger partial charge in [0.05, 0.1) is 11.0 Å². The first kappa shape index (κ1) is 23.0. The van der Waals surface area contributed by atoms with E-state index in [-0.39, 0.29) is 17.9 Å². The van der Waals surface area contributed by atoms with Crippen LogP contribution < -0.4 is 5.48 Å². The van der Waals surface area contributed by atoms with Crippen molar-refractivity contribution >= 4 is 11.5 Å². The van der Waals surface area contributed by atoms with Crippen LogP contribution >= 0.6 is 0 Å². The van der Waals surface area contributed by atoms with E-state index in [1.165, 1.54) is 12.1 Å². The van der Waals surface area contributed by atoms with Crippen LogP contribution in [-0.4, -0.2) is 10.7 Å². The number of nitrogens with one attached hydrogen (secondary N) is 1. The second kappa shape index (κ2) is 11.1. The maximum atomic E-state index is 13.0. The maximum Gasteiger partial charge on any atom is 0.269 e. The first-order valence-electron chi connectivity index (χ1n) is 11.0. The number of hydrogen-bond acceptors (Lipinski definition) is 5. The van der Waals surface area contributed by atoms with Crippen molar-refractivity contribution in [3.8, 4) is 0 Å². The smallest absolute Gasteiger partial charge is 0.269 e. The summed E-state index contributed by atoms with van der Waals surface area (Å²) in [6.07, 6.45) is -0.284. The summed E-state index contributed by atoms with van der Waals surface area (Å²) in [5, 5.41) is 11.1. The van der Waals surface area contributed by atoms with Crippen molar-refractivity contribution in [2.75, 3.05) is 0 Å². The lowest BCUT2D eigenvalue weighted by atomic mass is 9.98. The number of Topliss-reactive ketones (excluding diaryl/α,β-unsaturated/α-hetero) is 1. The van der Waals surface area contributed by atoms with E-state index in [1.807, 2.05) is 78.9 Å². The van der Waals surface area contributed by atoms with Gasteiger partial charge in [0.25, 0.3) is 5.69 Å². The molecular formula is C28H24N2O4. The van der Waals surface area contributed by atoms with E-state index in [1.54, 1.807) is 24.3 Å². The number of non-ortho nitro benzene ring substituents is 1. The predicted molar refractivity (Wildman–Crippen MR) is 130 cm³/mol. The summed E-state index contributed by atoms with van der Waals surface area (Å²) in [5.74, 6) is -0.0592. The number of carbonyl (C=O) groups is 1. The van der Waals surface area contributed by atoms with Gasteiger partial charge in [0, 0.05) is 24.1 Å². The van der Waals surface area contributed by atoms with E-state index in [2.05, 4.69) is 5.48 Å². The van der Waals surface area contributed by atoms with Gasteiger partial charge in [0.15, 0.2) is 5.78 Å². The lowest BCUT2D eigenvalue weighted by Gasteiger charge is -2.24. The van der Waals surface area contributed by atoms with Crippen molar-refractivity contribution < 1.29 is 14.6 Å². The summed E-state index contributed by atoms with van der Waals surface area (Å²) < 4.78 is 0. The number of rotatable bonds is 10. The number of benzene rings is 4. The lowest BCUT2D eigenvalue weighted by molar-refractivity contribution is -0.384. The van der Waals surface area contributed by atoms with Crippen LogP contribution in [0, 0.1) is 10.1 Å². The van der Waals surface area contributed by atoms with Crippen LogP contribution in [0.4, 0.5) is 5.69 Å². The molecule has 6 nitrogen and oxygen atoms in total. The van der Waals surface area contributed by atoms with Crippen LogP contribution in [0.3, 0.4) is 0 Å². The molecule has 6 heteroatoms. The molecule has 0 aliphatic carbocycles. The van der Waals surface area contributed by atoms with Gasteiger partial charge in [-0.3, -0.25) is 19.7 Å². The van der Waals surface area contributed by atoms with Crippen molar-refractivity contribution in [2.45, 2.75) is 18.6 Å². The zero-order chi connectivity index (χ0) is 23.8.